The topological polar surface area (TPSA) is 374 Å². The fraction of sp³-hybridized carbons (Fsp3) is 0.932. The van der Waals surface area contributed by atoms with Crippen LogP contribution >= 0.6 is 7.82 Å². The molecule has 0 aromatic carbocycles. The molecule has 0 radical (unpaired) electrons. The number of hydrogen-bond donors (Lipinski definition) is 11. The van der Waals surface area contributed by atoms with E-state index >= 15 is 0 Å². The van der Waals surface area contributed by atoms with Gasteiger partial charge in [0.05, 0.1) is 13.2 Å². The Labute approximate surface area is 586 Å². The van der Waals surface area contributed by atoms with Crippen LogP contribution < -0.4 is 0 Å². The van der Waals surface area contributed by atoms with Gasteiger partial charge < -0.3 is 89.1 Å². The first kappa shape index (κ1) is 89.9. The molecule has 2 aliphatic heterocycles. The van der Waals surface area contributed by atoms with Gasteiger partial charge in [-0.2, -0.15) is 0 Å². The van der Waals surface area contributed by atoms with Gasteiger partial charge in [-0.05, 0) is 44.9 Å². The van der Waals surface area contributed by atoms with Crippen molar-refractivity contribution in [2.75, 3.05) is 26.4 Å². The van der Waals surface area contributed by atoms with Crippen molar-refractivity contribution in [1.82, 2.24) is 0 Å². The van der Waals surface area contributed by atoms with Gasteiger partial charge in [0.25, 0.3) is 0 Å². The Morgan fingerprint density at radius 2 is 0.714 bits per heavy atom. The summed E-state index contributed by atoms with van der Waals surface area (Å²) in [5, 5.41) is 110. The number of carbonyl (C=O) groups excluding carboxylic acids is 3. The Morgan fingerprint density at radius 1 is 0.388 bits per heavy atom. The van der Waals surface area contributed by atoms with Crippen LogP contribution in [0.25, 0.3) is 0 Å². The van der Waals surface area contributed by atoms with E-state index < -0.39 is 156 Å². The maximum atomic E-state index is 14.3. The maximum Gasteiger partial charge on any atom is 0.472 e. The molecule has 25 heteroatoms. The third-order valence-electron chi connectivity index (χ3n) is 19.0. The highest BCUT2D eigenvalue weighted by atomic mass is 31.2. The van der Waals surface area contributed by atoms with E-state index in [1.54, 1.807) is 0 Å². The molecule has 18 atom stereocenters. The quantitative estimate of drug-likeness (QED) is 0.00886. The molecule has 0 aromatic heterocycles. The average Bonchev–Trinajstić information content (AvgIpc) is 0.762. The Balaban J connectivity index is 1.72. The molecule has 3 aliphatic rings. The Morgan fingerprint density at radius 3 is 1.11 bits per heavy atom. The zero-order valence-corrected chi connectivity index (χ0v) is 61.0. The van der Waals surface area contributed by atoms with Crippen LogP contribution in [-0.4, -0.2) is 204 Å². The summed E-state index contributed by atoms with van der Waals surface area (Å²) in [6, 6.07) is 0. The summed E-state index contributed by atoms with van der Waals surface area (Å²) < 4.78 is 65.0. The number of unbranched alkanes of at least 4 members (excludes halogenated alkanes) is 37. The minimum atomic E-state index is -5.70. The highest BCUT2D eigenvalue weighted by molar-refractivity contribution is 7.47. The van der Waals surface area contributed by atoms with Crippen molar-refractivity contribution in [2.24, 2.45) is 0 Å². The zero-order valence-electron chi connectivity index (χ0n) is 60.1. The molecule has 2 saturated heterocycles. The molecule has 11 N–H and O–H groups in total. The van der Waals surface area contributed by atoms with Gasteiger partial charge in [0.2, 0.25) is 0 Å². The lowest BCUT2D eigenvalue weighted by Gasteiger charge is -2.49. The summed E-state index contributed by atoms with van der Waals surface area (Å²) in [6.45, 7) is 3.44. The van der Waals surface area contributed by atoms with Crippen molar-refractivity contribution in [3.63, 3.8) is 0 Å². The van der Waals surface area contributed by atoms with Gasteiger partial charge in [-0.25, -0.2) is 4.57 Å². The largest absolute Gasteiger partial charge is 0.472 e. The lowest BCUT2D eigenvalue weighted by atomic mass is 9.84. The summed E-state index contributed by atoms with van der Waals surface area (Å²) >= 11 is 0. The fourth-order valence-corrected chi connectivity index (χ4v) is 13.7. The van der Waals surface area contributed by atoms with Gasteiger partial charge in [0, 0.05) is 19.3 Å². The predicted molar refractivity (Wildman–Crippen MR) is 370 cm³/mol. The molecule has 3 rings (SSSR count). The Kier molecular flexibility index (Phi) is 50.7. The van der Waals surface area contributed by atoms with Gasteiger partial charge in [-0.3, -0.25) is 23.4 Å². The van der Waals surface area contributed by atoms with E-state index in [4.69, 9.17) is 42.2 Å². The second-order valence-electron chi connectivity index (χ2n) is 27.7. The normalized spacial score (nSPS) is 27.7. The molecule has 0 aromatic rings. The van der Waals surface area contributed by atoms with Gasteiger partial charge in [-0.1, -0.05) is 251 Å². The first-order valence-electron chi connectivity index (χ1n) is 38.5. The van der Waals surface area contributed by atoms with E-state index in [9.17, 15) is 74.9 Å². The molecule has 3 fully saturated rings. The SMILES string of the molecule is CCCCCCCC/C=C\CCCCCC(=O)OC(COC(=O)CCCCCCCCCCCCCCC)COP(=O)(O)OC1C(OC2OC(CO)C(O)C(O)C2O)C(O)C(O)C(O)C1OC1OC(COC(=O)CCCCCCCCCCCCCCCCCCC)C(O)C(O)C1O. The molecular formula is C73H135O24P. The number of ether oxygens (including phenoxy) is 7. The number of rotatable bonds is 60. The number of phosphoric ester groups is 1. The number of hydrogen-bond acceptors (Lipinski definition) is 23. The van der Waals surface area contributed by atoms with E-state index in [1.165, 1.54) is 148 Å². The van der Waals surface area contributed by atoms with Crippen molar-refractivity contribution in [2.45, 2.75) is 407 Å². The molecule has 1 aliphatic carbocycles. The molecule has 24 nitrogen and oxygen atoms in total. The smallest absolute Gasteiger partial charge is 0.463 e. The minimum Gasteiger partial charge on any atom is -0.463 e. The van der Waals surface area contributed by atoms with Crippen LogP contribution in [0.4, 0.5) is 0 Å². The van der Waals surface area contributed by atoms with E-state index in [-0.39, 0.29) is 19.3 Å². The number of allylic oxidation sites excluding steroid dienone is 2. The van der Waals surface area contributed by atoms with Gasteiger partial charge in [0.15, 0.2) is 18.7 Å². The molecule has 0 amide bonds. The fourth-order valence-electron chi connectivity index (χ4n) is 12.8. The highest BCUT2D eigenvalue weighted by Crippen LogP contribution is 2.49. The summed E-state index contributed by atoms with van der Waals surface area (Å²) in [7, 11) is -5.70. The number of carbonyl (C=O) groups is 3. The van der Waals surface area contributed by atoms with Crippen molar-refractivity contribution < 1.29 is 117 Å². The van der Waals surface area contributed by atoms with Crippen LogP contribution in [0.15, 0.2) is 12.2 Å². The lowest BCUT2D eigenvalue weighted by molar-refractivity contribution is -0.360. The highest BCUT2D eigenvalue weighted by Gasteiger charge is 2.58. The molecule has 1 saturated carbocycles. The summed E-state index contributed by atoms with van der Waals surface area (Å²) in [5.74, 6) is -2.00. The molecule has 576 valence electrons. The minimum absolute atomic E-state index is 0.0324. The van der Waals surface area contributed by atoms with Crippen LogP contribution in [0, 0.1) is 0 Å². The van der Waals surface area contributed by atoms with Crippen LogP contribution in [-0.2, 0) is 61.2 Å². The van der Waals surface area contributed by atoms with Gasteiger partial charge in [-0.15, -0.1) is 0 Å². The lowest BCUT2D eigenvalue weighted by Crippen LogP contribution is -2.69. The van der Waals surface area contributed by atoms with Crippen LogP contribution in [0.2, 0.25) is 0 Å². The average molecular weight is 1430 g/mol. The van der Waals surface area contributed by atoms with Crippen molar-refractivity contribution in [3.05, 3.63) is 12.2 Å². The van der Waals surface area contributed by atoms with Crippen LogP contribution in [0.3, 0.4) is 0 Å². The molecule has 98 heavy (non-hydrogen) atoms. The first-order chi connectivity index (χ1) is 47.3. The second-order valence-corrected chi connectivity index (χ2v) is 29.1. The first-order valence-corrected chi connectivity index (χ1v) is 40.0. The van der Waals surface area contributed by atoms with Gasteiger partial charge >= 0.3 is 25.7 Å². The number of aliphatic hydroxyl groups excluding tert-OH is 10. The maximum absolute atomic E-state index is 14.3. The van der Waals surface area contributed by atoms with Crippen molar-refractivity contribution in [3.8, 4) is 0 Å². The predicted octanol–water partition coefficient (Wildman–Crippen LogP) is 10.7. The van der Waals surface area contributed by atoms with E-state index in [2.05, 4.69) is 32.9 Å². The monoisotopic (exact) mass is 1430 g/mol. The molecule has 0 bridgehead atoms. The van der Waals surface area contributed by atoms with Crippen molar-refractivity contribution >= 4 is 25.7 Å². The second kappa shape index (κ2) is 55.2. The molecular weight excluding hydrogens is 1290 g/mol. The molecule has 2 heterocycles. The summed E-state index contributed by atoms with van der Waals surface area (Å²) in [6.07, 6.45) is 14.2. The zero-order chi connectivity index (χ0) is 71.8. The summed E-state index contributed by atoms with van der Waals surface area (Å²) in [4.78, 5) is 51.0. The third kappa shape index (κ3) is 37.9. The standard InChI is InChI=1S/C73H135O24P/c1-4-7-10-13-16-19-22-25-26-27-28-31-33-36-39-42-45-48-58(76)90-53-56-61(79)63(81)68(86)73(94-56)96-70-66(84)64(82)65(83)69(95-72-67(85)62(80)60(78)55(50-74)93-72)71(70)97-98(87,88)91-52-54(92-59(77)49-46-43-40-37-34-30-24-21-18-15-12-9-6-3)51-89-57(75)47-44-41-38-35-32-29-23-20-17-14-11-8-5-2/h30,34,54-56,60-74,78-86H,4-29,31-33,35-53H2,1-3H3,(H,87,88)/b34-30-. The molecule has 18 unspecified atom stereocenters. The van der Waals surface area contributed by atoms with E-state index in [0.717, 1.165) is 89.9 Å². The van der Waals surface area contributed by atoms with Crippen LogP contribution in [0.1, 0.15) is 303 Å². The van der Waals surface area contributed by atoms with Crippen molar-refractivity contribution in [1.29, 1.82) is 0 Å². The number of phosphoric acid groups is 1. The molecule has 0 spiro atoms. The van der Waals surface area contributed by atoms with E-state index in [1.807, 2.05) is 0 Å². The number of aliphatic hydroxyl groups is 10. The van der Waals surface area contributed by atoms with E-state index in [0.29, 0.717) is 25.7 Å². The Bertz CT molecular complexity index is 2080. The summed E-state index contributed by atoms with van der Waals surface area (Å²) in [5.41, 5.74) is 0. The van der Waals surface area contributed by atoms with Gasteiger partial charge in [0.1, 0.15) is 98.7 Å². The Hall–Kier alpha value is -2.30. The third-order valence-corrected chi connectivity index (χ3v) is 20.0. The van der Waals surface area contributed by atoms with Crippen LogP contribution in [0.5, 0.6) is 0 Å². The number of esters is 3.